The van der Waals surface area contributed by atoms with Gasteiger partial charge < -0.3 is 14.5 Å². The van der Waals surface area contributed by atoms with Gasteiger partial charge in [-0.3, -0.25) is 9.55 Å². The van der Waals surface area contributed by atoms with E-state index in [1.54, 1.807) is 30.5 Å². The van der Waals surface area contributed by atoms with Crippen molar-refractivity contribution in [1.82, 2.24) is 4.98 Å². The van der Waals surface area contributed by atoms with Crippen molar-refractivity contribution in [2.24, 2.45) is 5.92 Å². The number of hydrogen-bond donors (Lipinski definition) is 1. The molecule has 136 valence electrons. The monoisotopic (exact) mass is 362 g/mol. The average molecular weight is 362 g/mol. The molecule has 5 nitrogen and oxygen atoms in total. The van der Waals surface area contributed by atoms with Crippen molar-refractivity contribution < 1.29 is 14.2 Å². The summed E-state index contributed by atoms with van der Waals surface area (Å²) in [6, 6.07) is 10.7. The number of rotatable bonds is 8. The summed E-state index contributed by atoms with van der Waals surface area (Å²) in [6.07, 6.45) is 3.92. The van der Waals surface area contributed by atoms with Crippen molar-refractivity contribution in [2.75, 3.05) is 25.6 Å². The van der Waals surface area contributed by atoms with Gasteiger partial charge in [-0.15, -0.1) is 0 Å². The molecule has 6 heteroatoms. The zero-order valence-electron chi connectivity index (χ0n) is 15.3. The summed E-state index contributed by atoms with van der Waals surface area (Å²) in [4.78, 5) is 5.98. The highest BCUT2D eigenvalue weighted by Crippen LogP contribution is 2.57. The SMILES string of the molecule is CC(C)CCOP(=O)(c1ccc(N(C)C)cc1)C(O)c1cccnc1. The van der Waals surface area contributed by atoms with E-state index in [0.29, 0.717) is 23.4 Å². The fraction of sp³-hybridized carbons (Fsp3) is 0.421. The molecule has 0 aliphatic heterocycles. The average Bonchev–Trinajstić information content (AvgIpc) is 2.61. The number of hydrogen-bond acceptors (Lipinski definition) is 5. The van der Waals surface area contributed by atoms with Crippen LogP contribution in [0.4, 0.5) is 5.69 Å². The number of aromatic nitrogens is 1. The number of benzene rings is 1. The van der Waals surface area contributed by atoms with Crippen LogP contribution in [-0.4, -0.2) is 30.8 Å². The van der Waals surface area contributed by atoms with Gasteiger partial charge in [-0.25, -0.2) is 0 Å². The second-order valence-corrected chi connectivity index (χ2v) is 9.14. The Bertz CT molecular complexity index is 702. The molecule has 0 saturated carbocycles. The first-order valence-electron chi connectivity index (χ1n) is 8.45. The van der Waals surface area contributed by atoms with Crippen molar-refractivity contribution in [3.8, 4) is 0 Å². The molecule has 2 rings (SSSR count). The van der Waals surface area contributed by atoms with Gasteiger partial charge in [0.05, 0.1) is 6.61 Å². The van der Waals surface area contributed by atoms with Crippen LogP contribution in [-0.2, 0) is 9.09 Å². The lowest BCUT2D eigenvalue weighted by atomic mass is 10.2. The van der Waals surface area contributed by atoms with Gasteiger partial charge in [0, 0.05) is 43.0 Å². The maximum atomic E-state index is 13.7. The van der Waals surface area contributed by atoms with Gasteiger partial charge in [0.1, 0.15) is 0 Å². The number of aliphatic hydroxyl groups is 1. The van der Waals surface area contributed by atoms with Crippen LogP contribution >= 0.6 is 7.37 Å². The van der Waals surface area contributed by atoms with Crippen LogP contribution in [0.5, 0.6) is 0 Å². The third-order valence-electron chi connectivity index (χ3n) is 4.01. The molecule has 0 bridgehead atoms. The van der Waals surface area contributed by atoms with Crippen LogP contribution in [0.25, 0.3) is 0 Å². The van der Waals surface area contributed by atoms with Gasteiger partial charge in [0.25, 0.3) is 7.37 Å². The molecule has 1 aromatic heterocycles. The van der Waals surface area contributed by atoms with E-state index >= 15 is 0 Å². The lowest BCUT2D eigenvalue weighted by Crippen LogP contribution is -2.17. The van der Waals surface area contributed by atoms with Gasteiger partial charge in [-0.1, -0.05) is 19.9 Å². The Morgan fingerprint density at radius 3 is 2.40 bits per heavy atom. The van der Waals surface area contributed by atoms with E-state index in [1.807, 2.05) is 31.1 Å². The normalized spacial score (nSPS) is 15.0. The number of pyridine rings is 1. The predicted octanol–water partition coefficient (Wildman–Crippen LogP) is 3.80. The quantitative estimate of drug-likeness (QED) is 0.724. The first-order valence-corrected chi connectivity index (χ1v) is 10.1. The maximum Gasteiger partial charge on any atom is 0.264 e. The molecular formula is C19H27N2O3P. The van der Waals surface area contributed by atoms with E-state index in [2.05, 4.69) is 18.8 Å². The smallest absolute Gasteiger partial charge is 0.264 e. The lowest BCUT2D eigenvalue weighted by molar-refractivity contribution is 0.208. The minimum absolute atomic E-state index is 0.335. The first-order chi connectivity index (χ1) is 11.8. The lowest BCUT2D eigenvalue weighted by Gasteiger charge is -2.25. The van der Waals surface area contributed by atoms with Crippen molar-refractivity contribution in [3.05, 3.63) is 54.4 Å². The Hall–Kier alpha value is -1.68. The molecule has 1 N–H and O–H groups in total. The van der Waals surface area contributed by atoms with Gasteiger partial charge in [0.2, 0.25) is 0 Å². The molecule has 0 aliphatic rings. The predicted molar refractivity (Wildman–Crippen MR) is 103 cm³/mol. The summed E-state index contributed by atoms with van der Waals surface area (Å²) in [7, 11) is 0.391. The van der Waals surface area contributed by atoms with Crippen molar-refractivity contribution in [3.63, 3.8) is 0 Å². The maximum absolute atomic E-state index is 13.7. The fourth-order valence-corrected chi connectivity index (χ4v) is 4.45. The molecule has 1 aromatic carbocycles. The van der Waals surface area contributed by atoms with E-state index < -0.39 is 13.2 Å². The van der Waals surface area contributed by atoms with Gasteiger partial charge in [0.15, 0.2) is 5.85 Å². The van der Waals surface area contributed by atoms with Crippen LogP contribution in [0.2, 0.25) is 0 Å². The van der Waals surface area contributed by atoms with Crippen LogP contribution in [0.1, 0.15) is 31.7 Å². The van der Waals surface area contributed by atoms with E-state index in [1.165, 1.54) is 6.20 Å². The topological polar surface area (TPSA) is 62.7 Å². The van der Waals surface area contributed by atoms with E-state index in [9.17, 15) is 9.67 Å². The zero-order valence-corrected chi connectivity index (χ0v) is 16.2. The minimum atomic E-state index is -3.49. The Kier molecular flexibility index (Phi) is 6.77. The summed E-state index contributed by atoms with van der Waals surface area (Å²) in [5, 5.41) is 11.3. The van der Waals surface area contributed by atoms with Crippen LogP contribution < -0.4 is 10.2 Å². The first kappa shape index (κ1) is 19.6. The number of anilines is 1. The second-order valence-electron chi connectivity index (χ2n) is 6.68. The summed E-state index contributed by atoms with van der Waals surface area (Å²) < 4.78 is 19.5. The van der Waals surface area contributed by atoms with E-state index in [4.69, 9.17) is 4.52 Å². The Labute approximate surface area is 150 Å². The molecule has 0 amide bonds. The molecule has 0 aliphatic carbocycles. The largest absolute Gasteiger partial charge is 0.378 e. The Morgan fingerprint density at radius 1 is 1.20 bits per heavy atom. The summed E-state index contributed by atoms with van der Waals surface area (Å²) in [5.41, 5.74) is 1.49. The summed E-state index contributed by atoms with van der Waals surface area (Å²) in [5.74, 6) is -0.807. The Morgan fingerprint density at radius 2 is 1.88 bits per heavy atom. The van der Waals surface area contributed by atoms with Crippen molar-refractivity contribution in [1.29, 1.82) is 0 Å². The Balaban J connectivity index is 2.35. The number of aliphatic hydroxyl groups excluding tert-OH is 1. The van der Waals surface area contributed by atoms with Crippen molar-refractivity contribution in [2.45, 2.75) is 26.1 Å². The fourth-order valence-electron chi connectivity index (χ4n) is 2.39. The summed E-state index contributed by atoms with van der Waals surface area (Å²) in [6.45, 7) is 4.50. The minimum Gasteiger partial charge on any atom is -0.378 e. The molecule has 2 atom stereocenters. The van der Waals surface area contributed by atoms with Gasteiger partial charge in [-0.2, -0.15) is 0 Å². The third-order valence-corrected chi connectivity index (χ3v) is 6.53. The zero-order chi connectivity index (χ0) is 18.4. The van der Waals surface area contributed by atoms with Gasteiger partial charge >= 0.3 is 0 Å². The molecule has 0 radical (unpaired) electrons. The summed E-state index contributed by atoms with van der Waals surface area (Å²) >= 11 is 0. The molecular weight excluding hydrogens is 335 g/mol. The van der Waals surface area contributed by atoms with Crippen LogP contribution in [0.3, 0.4) is 0 Å². The van der Waals surface area contributed by atoms with E-state index in [-0.39, 0.29) is 0 Å². The van der Waals surface area contributed by atoms with Crippen LogP contribution in [0, 0.1) is 5.92 Å². The molecule has 1 heterocycles. The molecule has 0 fully saturated rings. The van der Waals surface area contributed by atoms with E-state index in [0.717, 1.165) is 12.1 Å². The third kappa shape index (κ3) is 4.91. The van der Waals surface area contributed by atoms with Crippen LogP contribution in [0.15, 0.2) is 48.8 Å². The standard InChI is InChI=1S/C19H27N2O3P/c1-15(2)11-13-24-25(23,19(22)16-6-5-12-20-14-16)18-9-7-17(8-10-18)21(3)4/h5-10,12,14-15,19,22H,11,13H2,1-4H3. The highest BCUT2D eigenvalue weighted by molar-refractivity contribution is 7.67. The molecule has 0 saturated heterocycles. The molecule has 25 heavy (non-hydrogen) atoms. The molecule has 2 unspecified atom stereocenters. The number of nitrogens with zero attached hydrogens (tertiary/aromatic N) is 2. The van der Waals surface area contributed by atoms with Crippen molar-refractivity contribution >= 4 is 18.4 Å². The second kappa shape index (κ2) is 8.61. The highest BCUT2D eigenvalue weighted by atomic mass is 31.2. The molecule has 2 aromatic rings. The highest BCUT2D eigenvalue weighted by Gasteiger charge is 2.36. The molecule has 0 spiro atoms. The van der Waals surface area contributed by atoms with Gasteiger partial charge in [-0.05, 0) is 42.7 Å².